The van der Waals surface area contributed by atoms with Crippen LogP contribution in [0.25, 0.3) is 0 Å². The summed E-state index contributed by atoms with van der Waals surface area (Å²) in [5.74, 6) is -0.529. The van der Waals surface area contributed by atoms with Gasteiger partial charge in [-0.05, 0) is 64.2 Å². The number of ether oxygens (including phenoxy) is 1. The van der Waals surface area contributed by atoms with E-state index in [0.717, 1.165) is 83.5 Å². The van der Waals surface area contributed by atoms with Crippen molar-refractivity contribution < 1.29 is 24.5 Å². The van der Waals surface area contributed by atoms with E-state index < -0.39 is 18.2 Å². The van der Waals surface area contributed by atoms with Crippen LogP contribution in [0.1, 0.15) is 245 Å². The van der Waals surface area contributed by atoms with Crippen LogP contribution in [0, 0.1) is 0 Å². The van der Waals surface area contributed by atoms with Gasteiger partial charge < -0.3 is 20.3 Å². The summed E-state index contributed by atoms with van der Waals surface area (Å²) < 4.78 is 5.92. The molecule has 3 atom stereocenters. The molecular formula is C58H101NO5. The number of nitrogens with one attached hydrogen (secondary N) is 1. The number of carbonyl (C=O) groups excluding carboxylic acids is 2. The quantitative estimate of drug-likeness (QED) is 0.0321. The van der Waals surface area contributed by atoms with Crippen molar-refractivity contribution >= 4 is 11.9 Å². The van der Waals surface area contributed by atoms with E-state index in [0.29, 0.717) is 19.3 Å². The molecule has 0 spiro atoms. The molecule has 0 heterocycles. The van der Waals surface area contributed by atoms with Crippen molar-refractivity contribution in [1.82, 2.24) is 5.32 Å². The Morgan fingerprint density at radius 1 is 0.469 bits per heavy atom. The van der Waals surface area contributed by atoms with E-state index in [4.69, 9.17) is 4.74 Å². The van der Waals surface area contributed by atoms with Gasteiger partial charge in [0.15, 0.2) is 0 Å². The highest BCUT2D eigenvalue weighted by molar-refractivity contribution is 5.77. The van der Waals surface area contributed by atoms with Gasteiger partial charge in [-0.15, -0.1) is 0 Å². The smallest absolute Gasteiger partial charge is 0.306 e. The fourth-order valence-corrected chi connectivity index (χ4v) is 7.85. The third-order valence-corrected chi connectivity index (χ3v) is 11.9. The van der Waals surface area contributed by atoms with Gasteiger partial charge in [0.2, 0.25) is 5.91 Å². The number of esters is 1. The average Bonchev–Trinajstić information content (AvgIpc) is 3.29. The molecule has 0 saturated carbocycles. The Kier molecular flexibility index (Phi) is 48.7. The summed E-state index contributed by atoms with van der Waals surface area (Å²) in [5.41, 5.74) is 0. The number of aliphatic hydroxyl groups is 2. The minimum absolute atomic E-state index is 0.0428. The van der Waals surface area contributed by atoms with Crippen LogP contribution in [0.4, 0.5) is 0 Å². The number of rotatable bonds is 47. The van der Waals surface area contributed by atoms with Crippen molar-refractivity contribution in [2.45, 2.75) is 264 Å². The zero-order valence-corrected chi connectivity index (χ0v) is 41.9. The normalized spacial score (nSPS) is 13.9. The lowest BCUT2D eigenvalue weighted by Crippen LogP contribution is -2.46. The van der Waals surface area contributed by atoms with Gasteiger partial charge in [-0.25, -0.2) is 0 Å². The van der Waals surface area contributed by atoms with E-state index in [1.54, 1.807) is 0 Å². The maximum atomic E-state index is 13.2. The van der Waals surface area contributed by atoms with Crippen LogP contribution in [0.15, 0.2) is 85.1 Å². The SMILES string of the molecule is CC/C=C/C=C/C=C/C=C\CCCCCC(CC(=O)NC(CO)C(O)CCCCCCCCCCCCCCCCCCC)OC(=O)CCCCCCCCC/C=C/C=C/C=C/CC. The molecule has 0 fully saturated rings. The zero-order chi connectivity index (χ0) is 46.7. The molecule has 6 nitrogen and oxygen atoms in total. The van der Waals surface area contributed by atoms with Crippen LogP contribution in [0.5, 0.6) is 0 Å². The van der Waals surface area contributed by atoms with Crippen LogP contribution in [-0.2, 0) is 14.3 Å². The highest BCUT2D eigenvalue weighted by Gasteiger charge is 2.24. The topological polar surface area (TPSA) is 95.9 Å². The van der Waals surface area contributed by atoms with Crippen LogP contribution < -0.4 is 5.32 Å². The molecule has 0 aliphatic rings. The highest BCUT2D eigenvalue weighted by Crippen LogP contribution is 2.18. The predicted molar refractivity (Wildman–Crippen MR) is 278 cm³/mol. The van der Waals surface area contributed by atoms with Gasteiger partial charge in [0.05, 0.1) is 25.2 Å². The van der Waals surface area contributed by atoms with E-state index >= 15 is 0 Å². The Labute approximate surface area is 395 Å². The van der Waals surface area contributed by atoms with Crippen molar-refractivity contribution in [3.05, 3.63) is 85.1 Å². The lowest BCUT2D eigenvalue weighted by molar-refractivity contribution is -0.151. The second-order valence-electron chi connectivity index (χ2n) is 18.0. The number of hydrogen-bond acceptors (Lipinski definition) is 5. The Bertz CT molecular complexity index is 1230. The molecule has 64 heavy (non-hydrogen) atoms. The van der Waals surface area contributed by atoms with Gasteiger partial charge in [-0.3, -0.25) is 9.59 Å². The standard InChI is InChI=1S/C58H101NO5/c1-4-7-10-13-16-19-22-25-27-28-30-32-35-38-41-44-47-50-56(61)55(53-60)59-57(62)52-54(49-46-43-40-37-34-31-24-21-18-15-12-9-6-3)64-58(63)51-48-45-42-39-36-33-29-26-23-20-17-14-11-8-5-2/h8-9,11-12,14-15,17-18,20-21,23-24,31,34,54-56,60-61H,4-7,10,13,16,19,22,25-30,32-33,35-53H2,1-3H3,(H,59,62)/b11-8+,12-9+,17-14+,18-15+,23-20+,24-21+,34-31-. The molecule has 6 heteroatoms. The molecule has 0 aromatic rings. The lowest BCUT2D eigenvalue weighted by Gasteiger charge is -2.24. The summed E-state index contributed by atoms with van der Waals surface area (Å²) >= 11 is 0. The molecule has 0 radical (unpaired) electrons. The van der Waals surface area contributed by atoms with Crippen molar-refractivity contribution in [3.8, 4) is 0 Å². The molecular weight excluding hydrogens is 791 g/mol. The molecule has 0 rings (SSSR count). The second-order valence-corrected chi connectivity index (χ2v) is 18.0. The first-order valence-corrected chi connectivity index (χ1v) is 26.9. The van der Waals surface area contributed by atoms with Crippen LogP contribution >= 0.6 is 0 Å². The Hall–Kier alpha value is -2.96. The number of aliphatic hydroxyl groups excluding tert-OH is 2. The minimum Gasteiger partial charge on any atom is -0.462 e. The molecule has 3 unspecified atom stereocenters. The average molecular weight is 892 g/mol. The first-order chi connectivity index (χ1) is 31.5. The third-order valence-electron chi connectivity index (χ3n) is 11.9. The molecule has 0 saturated heterocycles. The number of unbranched alkanes of at least 4 members (excludes halogenated alkanes) is 26. The van der Waals surface area contributed by atoms with E-state index in [2.05, 4.69) is 86.8 Å². The molecule has 0 aliphatic heterocycles. The Morgan fingerprint density at radius 3 is 1.30 bits per heavy atom. The van der Waals surface area contributed by atoms with Gasteiger partial charge in [0, 0.05) is 6.42 Å². The molecule has 1 amide bonds. The first kappa shape index (κ1) is 61.0. The number of carbonyl (C=O) groups is 2. The molecule has 368 valence electrons. The fourth-order valence-electron chi connectivity index (χ4n) is 7.85. The summed E-state index contributed by atoms with van der Waals surface area (Å²) in [4.78, 5) is 26.2. The van der Waals surface area contributed by atoms with Gasteiger partial charge in [0.1, 0.15) is 6.10 Å². The fraction of sp³-hybridized carbons (Fsp3) is 0.724. The maximum absolute atomic E-state index is 13.2. The highest BCUT2D eigenvalue weighted by atomic mass is 16.5. The summed E-state index contributed by atoms with van der Waals surface area (Å²) in [7, 11) is 0. The van der Waals surface area contributed by atoms with Gasteiger partial charge in [0.25, 0.3) is 0 Å². The predicted octanol–water partition coefficient (Wildman–Crippen LogP) is 16.3. The zero-order valence-electron chi connectivity index (χ0n) is 41.9. The molecule has 0 aliphatic carbocycles. The summed E-state index contributed by atoms with van der Waals surface area (Å²) in [6.07, 6.45) is 66.5. The second kappa shape index (κ2) is 51.0. The van der Waals surface area contributed by atoms with Crippen LogP contribution in [0.2, 0.25) is 0 Å². The van der Waals surface area contributed by atoms with Crippen LogP contribution in [-0.4, -0.2) is 46.9 Å². The van der Waals surface area contributed by atoms with Crippen molar-refractivity contribution in [3.63, 3.8) is 0 Å². The van der Waals surface area contributed by atoms with Gasteiger partial charge in [-0.2, -0.15) is 0 Å². The maximum Gasteiger partial charge on any atom is 0.306 e. The number of amides is 1. The van der Waals surface area contributed by atoms with Crippen molar-refractivity contribution in [2.24, 2.45) is 0 Å². The Balaban J connectivity index is 4.59. The summed E-state index contributed by atoms with van der Waals surface area (Å²) in [6.45, 7) is 6.21. The summed E-state index contributed by atoms with van der Waals surface area (Å²) in [6, 6.07) is -0.722. The van der Waals surface area contributed by atoms with Crippen molar-refractivity contribution in [2.75, 3.05) is 6.61 Å². The largest absolute Gasteiger partial charge is 0.462 e. The van der Waals surface area contributed by atoms with Gasteiger partial charge >= 0.3 is 5.97 Å². The van der Waals surface area contributed by atoms with E-state index in [9.17, 15) is 19.8 Å². The van der Waals surface area contributed by atoms with E-state index in [-0.39, 0.29) is 24.9 Å². The van der Waals surface area contributed by atoms with Crippen LogP contribution in [0.3, 0.4) is 0 Å². The monoisotopic (exact) mass is 892 g/mol. The molecule has 0 bridgehead atoms. The first-order valence-electron chi connectivity index (χ1n) is 26.9. The third kappa shape index (κ3) is 45.6. The molecule has 0 aromatic heterocycles. The van der Waals surface area contributed by atoms with E-state index in [1.165, 1.54) is 116 Å². The number of allylic oxidation sites excluding steroid dienone is 14. The van der Waals surface area contributed by atoms with Gasteiger partial charge in [-0.1, -0.05) is 254 Å². The lowest BCUT2D eigenvalue weighted by atomic mass is 10.0. The minimum atomic E-state index is -0.805. The number of hydrogen-bond donors (Lipinski definition) is 3. The molecule has 0 aromatic carbocycles. The Morgan fingerprint density at radius 2 is 0.844 bits per heavy atom. The van der Waals surface area contributed by atoms with Crippen molar-refractivity contribution in [1.29, 1.82) is 0 Å². The molecule has 3 N–H and O–H groups in total. The van der Waals surface area contributed by atoms with E-state index in [1.807, 2.05) is 24.3 Å². The summed E-state index contributed by atoms with van der Waals surface area (Å²) in [5, 5.41) is 23.8.